The summed E-state index contributed by atoms with van der Waals surface area (Å²) in [7, 11) is 0. The summed E-state index contributed by atoms with van der Waals surface area (Å²) in [6.45, 7) is 3.43. The van der Waals surface area contributed by atoms with E-state index in [2.05, 4.69) is 4.98 Å². The van der Waals surface area contributed by atoms with Crippen LogP contribution in [0.5, 0.6) is 0 Å². The van der Waals surface area contributed by atoms with Gasteiger partial charge in [-0.2, -0.15) is 0 Å². The molecule has 3 rings (SSSR count). The van der Waals surface area contributed by atoms with Gasteiger partial charge in [-0.3, -0.25) is 4.79 Å². The Morgan fingerprint density at radius 2 is 1.83 bits per heavy atom. The highest BCUT2D eigenvalue weighted by atomic mass is 35.5. The van der Waals surface area contributed by atoms with Crippen LogP contribution in [0.2, 0.25) is 0 Å². The van der Waals surface area contributed by atoms with Gasteiger partial charge in [-0.05, 0) is 19.8 Å². The molecule has 0 aliphatic carbocycles. The molecule has 1 saturated heterocycles. The third-order valence-electron chi connectivity index (χ3n) is 3.80. The zero-order valence-corrected chi connectivity index (χ0v) is 15.3. The number of nitrogens with two attached hydrogens (primary N) is 1. The van der Waals surface area contributed by atoms with Crippen LogP contribution in [0.3, 0.4) is 0 Å². The second kappa shape index (κ2) is 8.64. The van der Waals surface area contributed by atoms with Gasteiger partial charge in [-0.1, -0.05) is 30.3 Å². The number of piperidine rings is 1. The molecular formula is C16H21Cl2N3OS. The van der Waals surface area contributed by atoms with Crippen molar-refractivity contribution in [3.05, 3.63) is 40.2 Å². The van der Waals surface area contributed by atoms with Crippen molar-refractivity contribution in [2.24, 2.45) is 5.73 Å². The van der Waals surface area contributed by atoms with Gasteiger partial charge in [-0.25, -0.2) is 4.98 Å². The van der Waals surface area contributed by atoms with Gasteiger partial charge in [0.25, 0.3) is 5.91 Å². The Bertz CT molecular complexity index is 640. The Hall–Kier alpha value is -1.14. The number of likely N-dealkylation sites (tertiary alicyclic amines) is 1. The molecule has 2 aromatic rings. The number of thiazole rings is 1. The number of aryl methyl sites for hydroxylation is 1. The standard InChI is InChI=1S/C16H19N3OS.2ClH/c1-11-18-14(12-5-3-2-4-6-12)15(21-11)16(20)19-9-7-13(17)8-10-19;;/h2-6,13H,7-10,17H2,1H3;2*1H. The van der Waals surface area contributed by atoms with Crippen LogP contribution in [0.15, 0.2) is 30.3 Å². The Labute approximate surface area is 152 Å². The smallest absolute Gasteiger partial charge is 0.266 e. The van der Waals surface area contributed by atoms with Crippen molar-refractivity contribution in [3.8, 4) is 11.3 Å². The molecule has 23 heavy (non-hydrogen) atoms. The molecule has 4 nitrogen and oxygen atoms in total. The molecule has 0 unspecified atom stereocenters. The number of halogens is 2. The van der Waals surface area contributed by atoms with Gasteiger partial charge in [0.15, 0.2) is 0 Å². The van der Waals surface area contributed by atoms with Crippen molar-refractivity contribution in [3.63, 3.8) is 0 Å². The topological polar surface area (TPSA) is 59.2 Å². The van der Waals surface area contributed by atoms with E-state index in [0.717, 1.165) is 47.1 Å². The first-order valence-electron chi connectivity index (χ1n) is 7.23. The molecule has 2 heterocycles. The normalized spacial score (nSPS) is 14.8. The average Bonchev–Trinajstić information content (AvgIpc) is 2.90. The van der Waals surface area contributed by atoms with Gasteiger partial charge in [0, 0.05) is 24.7 Å². The summed E-state index contributed by atoms with van der Waals surface area (Å²) in [5, 5.41) is 0.922. The van der Waals surface area contributed by atoms with Crippen molar-refractivity contribution in [1.29, 1.82) is 0 Å². The number of carbonyl (C=O) groups is 1. The highest BCUT2D eigenvalue weighted by molar-refractivity contribution is 7.14. The Kier molecular flexibility index (Phi) is 7.48. The van der Waals surface area contributed by atoms with Crippen molar-refractivity contribution in [2.45, 2.75) is 25.8 Å². The van der Waals surface area contributed by atoms with Crippen LogP contribution in [0.25, 0.3) is 11.3 Å². The predicted molar refractivity (Wildman–Crippen MR) is 99.9 cm³/mol. The Morgan fingerprint density at radius 3 is 2.43 bits per heavy atom. The molecule has 1 fully saturated rings. The maximum atomic E-state index is 12.8. The number of rotatable bonds is 2. The van der Waals surface area contributed by atoms with Crippen LogP contribution in [0.4, 0.5) is 0 Å². The number of carbonyl (C=O) groups excluding carboxylic acids is 1. The second-order valence-electron chi connectivity index (χ2n) is 5.41. The minimum Gasteiger partial charge on any atom is -0.338 e. The average molecular weight is 374 g/mol. The van der Waals surface area contributed by atoms with Crippen molar-refractivity contribution >= 4 is 42.1 Å². The summed E-state index contributed by atoms with van der Waals surface area (Å²) in [6.07, 6.45) is 1.76. The highest BCUT2D eigenvalue weighted by Gasteiger charge is 2.26. The van der Waals surface area contributed by atoms with Crippen LogP contribution < -0.4 is 5.73 Å². The summed E-state index contributed by atoms with van der Waals surface area (Å²) in [6, 6.07) is 10.1. The van der Waals surface area contributed by atoms with Crippen LogP contribution >= 0.6 is 36.2 Å². The number of nitrogens with zero attached hydrogens (tertiary/aromatic N) is 2. The molecule has 1 aromatic heterocycles. The monoisotopic (exact) mass is 373 g/mol. The molecule has 1 amide bonds. The fourth-order valence-corrected chi connectivity index (χ4v) is 3.52. The maximum Gasteiger partial charge on any atom is 0.266 e. The van der Waals surface area contributed by atoms with E-state index >= 15 is 0 Å². The fraction of sp³-hybridized carbons (Fsp3) is 0.375. The molecule has 1 aliphatic rings. The predicted octanol–water partition coefficient (Wildman–Crippen LogP) is 3.53. The fourth-order valence-electron chi connectivity index (χ4n) is 2.61. The minimum atomic E-state index is 0. The third kappa shape index (κ3) is 4.44. The molecule has 0 bridgehead atoms. The number of amides is 1. The highest BCUT2D eigenvalue weighted by Crippen LogP contribution is 2.29. The lowest BCUT2D eigenvalue weighted by Crippen LogP contribution is -2.42. The minimum absolute atomic E-state index is 0. The van der Waals surface area contributed by atoms with Crippen molar-refractivity contribution in [1.82, 2.24) is 9.88 Å². The van der Waals surface area contributed by atoms with Gasteiger partial charge in [0.2, 0.25) is 0 Å². The first kappa shape index (κ1) is 19.9. The SMILES string of the molecule is Cc1nc(-c2ccccc2)c(C(=O)N2CCC(N)CC2)s1.Cl.Cl. The van der Waals surface area contributed by atoms with E-state index in [9.17, 15) is 4.79 Å². The number of hydrogen-bond acceptors (Lipinski definition) is 4. The number of benzene rings is 1. The summed E-state index contributed by atoms with van der Waals surface area (Å²) < 4.78 is 0. The van der Waals surface area contributed by atoms with Crippen molar-refractivity contribution in [2.75, 3.05) is 13.1 Å². The van der Waals surface area contributed by atoms with E-state index < -0.39 is 0 Å². The molecular weight excluding hydrogens is 353 g/mol. The molecule has 7 heteroatoms. The van der Waals surface area contributed by atoms with Gasteiger partial charge in [0.1, 0.15) is 4.88 Å². The summed E-state index contributed by atoms with van der Waals surface area (Å²) in [4.78, 5) is 20.0. The van der Waals surface area contributed by atoms with E-state index in [-0.39, 0.29) is 36.8 Å². The third-order valence-corrected chi connectivity index (χ3v) is 4.76. The molecule has 2 N–H and O–H groups in total. The lowest BCUT2D eigenvalue weighted by Gasteiger charge is -2.30. The molecule has 0 radical (unpaired) electrons. The first-order chi connectivity index (χ1) is 10.1. The van der Waals surface area contributed by atoms with Crippen molar-refractivity contribution < 1.29 is 4.79 Å². The van der Waals surface area contributed by atoms with E-state index in [1.54, 1.807) is 0 Å². The quantitative estimate of drug-likeness (QED) is 0.875. The van der Waals surface area contributed by atoms with Crippen LogP contribution in [0, 0.1) is 6.92 Å². The molecule has 1 aromatic carbocycles. The second-order valence-corrected chi connectivity index (χ2v) is 6.61. The summed E-state index contributed by atoms with van der Waals surface area (Å²) >= 11 is 1.48. The Morgan fingerprint density at radius 1 is 1.22 bits per heavy atom. The number of hydrogen-bond donors (Lipinski definition) is 1. The molecule has 0 saturated carbocycles. The molecule has 126 valence electrons. The van der Waals surface area contributed by atoms with Gasteiger partial charge in [0.05, 0.1) is 10.7 Å². The summed E-state index contributed by atoms with van der Waals surface area (Å²) in [5.74, 6) is 0.0892. The zero-order chi connectivity index (χ0) is 14.8. The van der Waals surface area contributed by atoms with Crippen LogP contribution in [-0.4, -0.2) is 34.9 Å². The Balaban J connectivity index is 0.00000132. The van der Waals surface area contributed by atoms with Gasteiger partial charge in [-0.15, -0.1) is 36.2 Å². The lowest BCUT2D eigenvalue weighted by atomic mass is 10.1. The van der Waals surface area contributed by atoms with E-state index in [0.29, 0.717) is 0 Å². The van der Waals surface area contributed by atoms with Gasteiger partial charge < -0.3 is 10.6 Å². The van der Waals surface area contributed by atoms with E-state index in [1.165, 1.54) is 11.3 Å². The van der Waals surface area contributed by atoms with Gasteiger partial charge >= 0.3 is 0 Å². The van der Waals surface area contributed by atoms with Crippen LogP contribution in [0.1, 0.15) is 27.5 Å². The maximum absolute atomic E-state index is 12.8. The van der Waals surface area contributed by atoms with E-state index in [1.807, 2.05) is 42.2 Å². The molecule has 1 aliphatic heterocycles. The first-order valence-corrected chi connectivity index (χ1v) is 8.04. The molecule has 0 spiro atoms. The lowest BCUT2D eigenvalue weighted by molar-refractivity contribution is 0.0720. The summed E-state index contributed by atoms with van der Waals surface area (Å²) in [5.41, 5.74) is 7.72. The molecule has 0 atom stereocenters. The largest absolute Gasteiger partial charge is 0.338 e. The van der Waals surface area contributed by atoms with E-state index in [4.69, 9.17) is 5.73 Å². The zero-order valence-electron chi connectivity index (χ0n) is 12.9. The number of aromatic nitrogens is 1. The van der Waals surface area contributed by atoms with Crippen LogP contribution in [-0.2, 0) is 0 Å².